The van der Waals surface area contributed by atoms with E-state index >= 15 is 0 Å². The zero-order valence-corrected chi connectivity index (χ0v) is 23.1. The first kappa shape index (κ1) is 29.0. The van der Waals surface area contributed by atoms with Gasteiger partial charge in [-0.25, -0.2) is 4.98 Å². The Morgan fingerprint density at radius 1 is 1.31 bits per heavy atom. The Hall–Kier alpha value is -1.58. The number of esters is 1. The second-order valence-electron chi connectivity index (χ2n) is 10.0. The number of hydrogen-bond donors (Lipinski definition) is 2. The van der Waals surface area contributed by atoms with Crippen molar-refractivity contribution in [2.24, 2.45) is 11.3 Å². The first-order chi connectivity index (χ1) is 17.1. The van der Waals surface area contributed by atoms with Crippen molar-refractivity contribution in [2.75, 3.05) is 6.61 Å². The van der Waals surface area contributed by atoms with E-state index in [-0.39, 0.29) is 12.2 Å². The lowest BCUT2D eigenvalue weighted by Crippen LogP contribution is -2.54. The molecule has 1 spiro atoms. The second kappa shape index (κ2) is 12.8. The van der Waals surface area contributed by atoms with Crippen LogP contribution in [0.5, 0.6) is 0 Å². The maximum absolute atomic E-state index is 13.6. The minimum atomic E-state index is -1.20. The second-order valence-corrected chi connectivity index (χ2v) is 11.5. The molecule has 2 aliphatic rings. The third kappa shape index (κ3) is 6.84. The number of carbonyl (C=O) groups is 2. The van der Waals surface area contributed by atoms with Crippen LogP contribution in [0, 0.1) is 18.3 Å². The fraction of sp³-hybridized carbons (Fsp3) is 0.667. The highest BCUT2D eigenvalue weighted by atomic mass is 35.5. The van der Waals surface area contributed by atoms with Crippen molar-refractivity contribution in [1.82, 2.24) is 4.98 Å². The summed E-state index contributed by atoms with van der Waals surface area (Å²) in [7, 11) is 0. The quantitative estimate of drug-likeness (QED) is 0.413. The summed E-state index contributed by atoms with van der Waals surface area (Å²) in [6.45, 7) is 7.85. The van der Waals surface area contributed by atoms with Gasteiger partial charge in [-0.15, -0.1) is 11.3 Å². The highest BCUT2D eigenvalue weighted by Crippen LogP contribution is 2.48. The molecule has 0 unspecified atom stereocenters. The Bertz CT molecular complexity index is 985. The van der Waals surface area contributed by atoms with Crippen LogP contribution in [0.1, 0.15) is 76.4 Å². The van der Waals surface area contributed by atoms with Gasteiger partial charge in [0, 0.05) is 17.7 Å². The molecule has 36 heavy (non-hydrogen) atoms. The molecule has 0 saturated heterocycles. The van der Waals surface area contributed by atoms with Crippen LogP contribution in [0.15, 0.2) is 22.1 Å². The summed E-state index contributed by atoms with van der Waals surface area (Å²) in [5.74, 6) is -1.49. The van der Waals surface area contributed by atoms with Crippen molar-refractivity contribution in [3.63, 3.8) is 0 Å². The first-order valence-corrected chi connectivity index (χ1v) is 14.0. The van der Waals surface area contributed by atoms with Crippen molar-refractivity contribution < 1.29 is 29.3 Å². The SMILES string of the molecule is CC[C@@H]1C(=O)C2(CCC2)[C@H](O)CC(=O)O[C@H](/C(Cl)=C/c2csc(C)n2)C/C=C(/C)CCO[C@H](C)[C@H]1O. The molecule has 0 amide bonds. The molecule has 1 aromatic heterocycles. The standard InChI is InChI=1S/C27H38ClNO6S/c1-5-20-25(32)17(3)34-12-9-16(2)7-8-22(21(28)13-19-15-36-18(4)29-19)35-24(31)14-23(30)27(26(20)33)10-6-11-27/h7,13,15,17,20,22-23,25,30,32H,5-6,8-12,14H2,1-4H3/b16-7-,21-13-/t17-,20+,22+,23-,25-/m1/s1. The van der Waals surface area contributed by atoms with E-state index in [1.54, 1.807) is 13.0 Å². The molecule has 7 nitrogen and oxygen atoms in total. The van der Waals surface area contributed by atoms with E-state index in [9.17, 15) is 19.8 Å². The van der Waals surface area contributed by atoms with Gasteiger partial charge >= 0.3 is 5.97 Å². The number of aromatic nitrogens is 1. The predicted octanol–water partition coefficient (Wildman–Crippen LogP) is 4.97. The van der Waals surface area contributed by atoms with Gasteiger partial charge in [-0.2, -0.15) is 0 Å². The predicted molar refractivity (Wildman–Crippen MR) is 141 cm³/mol. The van der Waals surface area contributed by atoms with Crippen LogP contribution < -0.4 is 0 Å². The Labute approximate surface area is 222 Å². The number of aryl methyl sites for hydroxylation is 1. The number of thiazole rings is 1. The summed E-state index contributed by atoms with van der Waals surface area (Å²) in [6, 6.07) is 0. The van der Waals surface area contributed by atoms with Crippen molar-refractivity contribution in [1.29, 1.82) is 0 Å². The summed E-state index contributed by atoms with van der Waals surface area (Å²) in [5.41, 5.74) is 0.661. The number of halogens is 1. The Balaban J connectivity index is 1.89. The van der Waals surface area contributed by atoms with Crippen molar-refractivity contribution >= 4 is 40.8 Å². The number of hydrogen-bond acceptors (Lipinski definition) is 8. The smallest absolute Gasteiger partial charge is 0.309 e. The van der Waals surface area contributed by atoms with Gasteiger partial charge in [0.2, 0.25) is 0 Å². The molecule has 2 N–H and O–H groups in total. The average molecular weight is 540 g/mol. The van der Waals surface area contributed by atoms with Crippen LogP contribution in [0.4, 0.5) is 0 Å². The van der Waals surface area contributed by atoms with Crippen LogP contribution in [0.25, 0.3) is 6.08 Å². The summed E-state index contributed by atoms with van der Waals surface area (Å²) in [4.78, 5) is 31.0. The molecule has 3 rings (SSSR count). The van der Waals surface area contributed by atoms with E-state index in [1.807, 2.05) is 32.2 Å². The molecule has 1 fully saturated rings. The van der Waals surface area contributed by atoms with E-state index in [2.05, 4.69) is 4.98 Å². The summed E-state index contributed by atoms with van der Waals surface area (Å²) in [6.07, 6.45) is 3.01. The van der Waals surface area contributed by atoms with Gasteiger partial charge in [0.25, 0.3) is 0 Å². The van der Waals surface area contributed by atoms with E-state index < -0.39 is 41.7 Å². The summed E-state index contributed by atoms with van der Waals surface area (Å²) in [5, 5.41) is 25.1. The summed E-state index contributed by atoms with van der Waals surface area (Å²) < 4.78 is 11.6. The van der Waals surface area contributed by atoms with E-state index in [0.29, 0.717) is 49.4 Å². The van der Waals surface area contributed by atoms with Crippen LogP contribution in [0.3, 0.4) is 0 Å². The fourth-order valence-electron chi connectivity index (χ4n) is 4.95. The molecular formula is C27H38ClNO6S. The Morgan fingerprint density at radius 2 is 2.03 bits per heavy atom. The highest BCUT2D eigenvalue weighted by molar-refractivity contribution is 7.09. The number of ketones is 1. The first-order valence-electron chi connectivity index (χ1n) is 12.7. The number of ether oxygens (including phenoxy) is 2. The molecule has 9 heteroatoms. The number of aliphatic hydroxyl groups is 2. The Kier molecular flexibility index (Phi) is 10.3. The molecule has 2 heterocycles. The molecule has 0 bridgehead atoms. The maximum atomic E-state index is 13.6. The van der Waals surface area contributed by atoms with Gasteiger partial charge in [-0.3, -0.25) is 9.59 Å². The number of Topliss-reactive ketones (excluding diaryl/α,β-unsaturated/α-hetero) is 1. The van der Waals surface area contributed by atoms with Gasteiger partial charge in [0.05, 0.1) is 52.5 Å². The lowest BCUT2D eigenvalue weighted by atomic mass is 9.58. The zero-order valence-electron chi connectivity index (χ0n) is 21.5. The fourth-order valence-corrected chi connectivity index (χ4v) is 5.77. The molecule has 0 aromatic carbocycles. The van der Waals surface area contributed by atoms with Gasteiger partial charge in [-0.05, 0) is 52.5 Å². The molecule has 1 aromatic rings. The van der Waals surface area contributed by atoms with Crippen LogP contribution in [-0.2, 0) is 19.1 Å². The highest BCUT2D eigenvalue weighted by Gasteiger charge is 2.53. The minimum absolute atomic E-state index is 0.198. The van der Waals surface area contributed by atoms with Gasteiger partial charge in [0.15, 0.2) is 0 Å². The van der Waals surface area contributed by atoms with Crippen molar-refractivity contribution in [3.05, 3.63) is 32.8 Å². The van der Waals surface area contributed by atoms with Gasteiger partial charge in [-0.1, -0.05) is 36.6 Å². The van der Waals surface area contributed by atoms with Crippen LogP contribution in [-0.4, -0.2) is 58.0 Å². The number of rotatable bonds is 3. The van der Waals surface area contributed by atoms with Crippen LogP contribution in [0.2, 0.25) is 0 Å². The number of carbonyl (C=O) groups excluding carboxylic acids is 2. The van der Waals surface area contributed by atoms with Gasteiger partial charge in [0.1, 0.15) is 11.9 Å². The third-order valence-corrected chi connectivity index (χ3v) is 8.61. The monoisotopic (exact) mass is 539 g/mol. The zero-order chi connectivity index (χ0) is 26.5. The normalized spacial score (nSPS) is 32.5. The number of aliphatic hydroxyl groups excluding tert-OH is 2. The minimum Gasteiger partial charge on any atom is -0.456 e. The maximum Gasteiger partial charge on any atom is 0.309 e. The lowest BCUT2D eigenvalue weighted by molar-refractivity contribution is -0.163. The molecule has 1 saturated carbocycles. The van der Waals surface area contributed by atoms with Crippen molar-refractivity contribution in [2.45, 2.75) is 97.1 Å². The topological polar surface area (TPSA) is 106 Å². The molecule has 0 radical (unpaired) electrons. The lowest BCUT2D eigenvalue weighted by Gasteiger charge is -2.46. The number of nitrogens with zero attached hydrogens (tertiary/aromatic N) is 1. The molecule has 200 valence electrons. The third-order valence-electron chi connectivity index (χ3n) is 7.47. The molecule has 1 aliphatic heterocycles. The molecule has 5 atom stereocenters. The summed E-state index contributed by atoms with van der Waals surface area (Å²) >= 11 is 8.09. The van der Waals surface area contributed by atoms with E-state index in [0.717, 1.165) is 17.0 Å². The van der Waals surface area contributed by atoms with Gasteiger partial charge < -0.3 is 19.7 Å². The largest absolute Gasteiger partial charge is 0.456 e. The average Bonchev–Trinajstić information content (AvgIpc) is 3.19. The van der Waals surface area contributed by atoms with E-state index in [1.165, 1.54) is 11.3 Å². The van der Waals surface area contributed by atoms with E-state index in [4.69, 9.17) is 21.1 Å². The number of cyclic esters (lactones) is 1. The van der Waals surface area contributed by atoms with Crippen LogP contribution >= 0.6 is 22.9 Å². The molecule has 1 aliphatic carbocycles. The Morgan fingerprint density at radius 3 is 2.61 bits per heavy atom. The molecular weight excluding hydrogens is 502 g/mol. The van der Waals surface area contributed by atoms with Crippen molar-refractivity contribution in [3.8, 4) is 0 Å².